The van der Waals surface area contributed by atoms with Gasteiger partial charge in [0.15, 0.2) is 0 Å². The number of benzene rings is 3. The number of rotatable bonds is 7. The Morgan fingerprint density at radius 1 is 0.879 bits per heavy atom. The van der Waals surface area contributed by atoms with Crippen molar-refractivity contribution >= 4 is 21.6 Å². The maximum Gasteiger partial charge on any atom is 0.418 e. The summed E-state index contributed by atoms with van der Waals surface area (Å²) in [6.45, 7) is 2.92. The largest absolute Gasteiger partial charge is 0.418 e. The van der Waals surface area contributed by atoms with E-state index in [-0.39, 0.29) is 11.4 Å². The zero-order valence-electron chi connectivity index (χ0n) is 18.1. The number of nitrogens with one attached hydrogen (secondary N) is 1. The summed E-state index contributed by atoms with van der Waals surface area (Å²) in [6, 6.07) is 17.8. The Labute approximate surface area is 190 Å². The van der Waals surface area contributed by atoms with E-state index in [1.165, 1.54) is 24.3 Å². The second-order valence-corrected chi connectivity index (χ2v) is 9.60. The molecule has 0 aliphatic heterocycles. The molecule has 3 rings (SSSR count). The van der Waals surface area contributed by atoms with Gasteiger partial charge >= 0.3 is 6.18 Å². The quantitative estimate of drug-likeness (QED) is 0.513. The fraction of sp³-hybridized carbons (Fsp3) is 0.208. The van der Waals surface area contributed by atoms with Crippen molar-refractivity contribution < 1.29 is 26.4 Å². The molecule has 0 spiro atoms. The van der Waals surface area contributed by atoms with Gasteiger partial charge in [-0.15, -0.1) is 0 Å². The molecule has 33 heavy (non-hydrogen) atoms. The average Bonchev–Trinajstić information content (AvgIpc) is 2.74. The molecule has 9 heteroatoms. The van der Waals surface area contributed by atoms with E-state index in [1.54, 1.807) is 24.3 Å². The molecule has 0 aliphatic carbocycles. The Hall–Kier alpha value is -3.17. The van der Waals surface area contributed by atoms with Gasteiger partial charge in [0.2, 0.25) is 15.9 Å². The summed E-state index contributed by atoms with van der Waals surface area (Å²) in [4.78, 5) is 12.7. The number of carbonyl (C=O) groups is 1. The first-order valence-corrected chi connectivity index (χ1v) is 11.5. The number of carbonyl (C=O) groups excluding carboxylic acids is 1. The highest BCUT2D eigenvalue weighted by atomic mass is 32.2. The van der Waals surface area contributed by atoms with Gasteiger partial charge in [0, 0.05) is 6.54 Å². The van der Waals surface area contributed by atoms with E-state index in [2.05, 4.69) is 5.32 Å². The van der Waals surface area contributed by atoms with Crippen LogP contribution in [0.4, 0.5) is 18.9 Å². The molecule has 0 saturated carbocycles. The summed E-state index contributed by atoms with van der Waals surface area (Å²) in [7, 11) is -4.10. The summed E-state index contributed by atoms with van der Waals surface area (Å²) >= 11 is 0. The number of aryl methyl sites for hydroxylation is 2. The predicted molar refractivity (Wildman–Crippen MR) is 120 cm³/mol. The van der Waals surface area contributed by atoms with Crippen LogP contribution in [0, 0.1) is 13.8 Å². The zero-order chi connectivity index (χ0) is 24.2. The standard InChI is InChI=1S/C24H23F3N2O3S/c1-17-7-11-19(12-8-17)15-29(33(31,32)20-13-9-18(2)10-14-20)16-23(30)28-22-6-4-3-5-21(22)24(25,26)27/h3-14H,15-16H2,1-2H3,(H,28,30). The Morgan fingerprint density at radius 3 is 2.00 bits per heavy atom. The van der Waals surface area contributed by atoms with Crippen LogP contribution in [0.3, 0.4) is 0 Å². The zero-order valence-corrected chi connectivity index (χ0v) is 18.9. The van der Waals surface area contributed by atoms with E-state index >= 15 is 0 Å². The van der Waals surface area contributed by atoms with E-state index in [0.29, 0.717) is 5.56 Å². The molecule has 0 saturated heterocycles. The fourth-order valence-electron chi connectivity index (χ4n) is 3.17. The molecule has 3 aromatic rings. The van der Waals surface area contributed by atoms with Crippen molar-refractivity contribution in [2.75, 3.05) is 11.9 Å². The molecule has 0 bridgehead atoms. The second kappa shape index (κ2) is 9.76. The lowest BCUT2D eigenvalue weighted by atomic mass is 10.1. The number of halogens is 3. The molecule has 1 N–H and O–H groups in total. The first kappa shape index (κ1) is 24.5. The first-order chi connectivity index (χ1) is 15.5. The molecule has 0 unspecified atom stereocenters. The molecule has 0 atom stereocenters. The Balaban J connectivity index is 1.90. The van der Waals surface area contributed by atoms with E-state index in [0.717, 1.165) is 27.6 Å². The van der Waals surface area contributed by atoms with Crippen LogP contribution in [0.25, 0.3) is 0 Å². The highest BCUT2D eigenvalue weighted by molar-refractivity contribution is 7.89. The van der Waals surface area contributed by atoms with Crippen LogP contribution in [0.15, 0.2) is 77.7 Å². The molecule has 0 radical (unpaired) electrons. The highest BCUT2D eigenvalue weighted by Gasteiger charge is 2.34. The summed E-state index contributed by atoms with van der Waals surface area (Å²) in [6.07, 6.45) is -4.67. The van der Waals surface area contributed by atoms with E-state index < -0.39 is 39.9 Å². The van der Waals surface area contributed by atoms with Crippen molar-refractivity contribution in [1.82, 2.24) is 4.31 Å². The van der Waals surface area contributed by atoms with E-state index in [1.807, 2.05) is 26.0 Å². The topological polar surface area (TPSA) is 66.5 Å². The van der Waals surface area contributed by atoms with Crippen molar-refractivity contribution in [3.63, 3.8) is 0 Å². The monoisotopic (exact) mass is 476 g/mol. The van der Waals surface area contributed by atoms with Gasteiger partial charge in [-0.05, 0) is 43.7 Å². The summed E-state index contributed by atoms with van der Waals surface area (Å²) in [5.74, 6) is -0.880. The van der Waals surface area contributed by atoms with Crippen LogP contribution in [0.1, 0.15) is 22.3 Å². The summed E-state index contributed by atoms with van der Waals surface area (Å²) < 4.78 is 67.3. The van der Waals surface area contributed by atoms with Crippen molar-refractivity contribution in [3.8, 4) is 0 Å². The lowest BCUT2D eigenvalue weighted by Gasteiger charge is -2.23. The van der Waals surface area contributed by atoms with Crippen LogP contribution < -0.4 is 5.32 Å². The van der Waals surface area contributed by atoms with Gasteiger partial charge in [0.05, 0.1) is 22.7 Å². The third-order valence-electron chi connectivity index (χ3n) is 4.96. The van der Waals surface area contributed by atoms with Crippen LogP contribution in [-0.2, 0) is 27.5 Å². The van der Waals surface area contributed by atoms with Gasteiger partial charge in [0.1, 0.15) is 0 Å². The van der Waals surface area contributed by atoms with Gasteiger partial charge in [0.25, 0.3) is 0 Å². The number of alkyl halides is 3. The third-order valence-corrected chi connectivity index (χ3v) is 6.77. The molecular weight excluding hydrogens is 453 g/mol. The first-order valence-electron chi connectivity index (χ1n) is 10.1. The minimum Gasteiger partial charge on any atom is -0.324 e. The van der Waals surface area contributed by atoms with Gasteiger partial charge in [-0.25, -0.2) is 8.42 Å². The molecule has 0 aromatic heterocycles. The smallest absolute Gasteiger partial charge is 0.324 e. The Kier molecular flexibility index (Phi) is 7.24. The SMILES string of the molecule is Cc1ccc(CN(CC(=O)Nc2ccccc2C(F)(F)F)S(=O)(=O)c2ccc(C)cc2)cc1. The second-order valence-electron chi connectivity index (χ2n) is 7.66. The molecule has 5 nitrogen and oxygen atoms in total. The molecule has 0 aliphatic rings. The number of hydrogen-bond donors (Lipinski definition) is 1. The number of amides is 1. The van der Waals surface area contributed by atoms with Crippen LogP contribution >= 0.6 is 0 Å². The summed E-state index contributed by atoms with van der Waals surface area (Å²) in [5, 5.41) is 2.21. The number of para-hydroxylation sites is 1. The lowest BCUT2D eigenvalue weighted by Crippen LogP contribution is -2.37. The third kappa shape index (κ3) is 6.21. The summed E-state index contributed by atoms with van der Waals surface area (Å²) in [5.41, 5.74) is 1.04. The van der Waals surface area contributed by atoms with Crippen molar-refractivity contribution in [3.05, 3.63) is 95.1 Å². The minimum absolute atomic E-state index is 0.0105. The Bertz CT molecular complexity index is 1220. The molecule has 1 amide bonds. The lowest BCUT2D eigenvalue weighted by molar-refractivity contribution is -0.137. The van der Waals surface area contributed by atoms with Crippen molar-refractivity contribution in [2.24, 2.45) is 0 Å². The van der Waals surface area contributed by atoms with Crippen LogP contribution in [0.5, 0.6) is 0 Å². The predicted octanol–water partition coefficient (Wildman–Crippen LogP) is 5.15. The molecule has 174 valence electrons. The highest BCUT2D eigenvalue weighted by Crippen LogP contribution is 2.34. The fourth-order valence-corrected chi connectivity index (χ4v) is 4.56. The maximum absolute atomic E-state index is 13.3. The maximum atomic E-state index is 13.3. The van der Waals surface area contributed by atoms with Crippen molar-refractivity contribution in [1.29, 1.82) is 0 Å². The van der Waals surface area contributed by atoms with E-state index in [9.17, 15) is 26.4 Å². The average molecular weight is 477 g/mol. The molecule has 0 fully saturated rings. The number of nitrogens with zero attached hydrogens (tertiary/aromatic N) is 1. The normalized spacial score (nSPS) is 12.1. The van der Waals surface area contributed by atoms with Gasteiger partial charge < -0.3 is 5.32 Å². The number of anilines is 1. The minimum atomic E-state index is -4.67. The number of hydrogen-bond acceptors (Lipinski definition) is 3. The molecule has 3 aromatic carbocycles. The Morgan fingerprint density at radius 2 is 1.42 bits per heavy atom. The number of sulfonamides is 1. The van der Waals surface area contributed by atoms with Gasteiger partial charge in [-0.3, -0.25) is 4.79 Å². The van der Waals surface area contributed by atoms with Crippen LogP contribution in [-0.4, -0.2) is 25.2 Å². The molecule has 0 heterocycles. The van der Waals surface area contributed by atoms with E-state index in [4.69, 9.17) is 0 Å². The van der Waals surface area contributed by atoms with Crippen molar-refractivity contribution in [2.45, 2.75) is 31.5 Å². The van der Waals surface area contributed by atoms with Crippen LogP contribution in [0.2, 0.25) is 0 Å². The van der Waals surface area contributed by atoms with Gasteiger partial charge in [-0.2, -0.15) is 17.5 Å². The molecular formula is C24H23F3N2O3S. The van der Waals surface area contributed by atoms with Gasteiger partial charge in [-0.1, -0.05) is 59.7 Å².